The number of hydrogen-bond acceptors (Lipinski definition) is 2. The van der Waals surface area contributed by atoms with E-state index in [-0.39, 0.29) is 11.6 Å². The average Bonchev–Trinajstić information content (AvgIpc) is 2.19. The summed E-state index contributed by atoms with van der Waals surface area (Å²) >= 11 is 5.37. The molecule has 0 amide bonds. The Morgan fingerprint density at radius 1 is 1.50 bits per heavy atom. The fourth-order valence-electron chi connectivity index (χ4n) is 1.15. The van der Waals surface area contributed by atoms with Crippen molar-refractivity contribution in [2.45, 2.75) is 18.7 Å². The maximum Gasteiger partial charge on any atom is 0.309 e. The van der Waals surface area contributed by atoms with Gasteiger partial charge in [-0.15, -0.1) is 11.6 Å². The smallest absolute Gasteiger partial charge is 0.309 e. The first-order valence-electron chi connectivity index (χ1n) is 4.19. The second-order valence-electron chi connectivity index (χ2n) is 2.96. The van der Waals surface area contributed by atoms with Gasteiger partial charge in [0, 0.05) is 5.56 Å². The van der Waals surface area contributed by atoms with E-state index in [2.05, 4.69) is 4.98 Å². The highest BCUT2D eigenvalue weighted by molar-refractivity contribution is 6.17. The van der Waals surface area contributed by atoms with Crippen LogP contribution < -0.4 is 0 Å². The standard InChI is InChI=1S/C9H7ClF3NO2/c10-3-7-4(9(12)13)1-5(11)6(14-7)2-8(15)16/h1,9H,2-3H2,(H,15,16). The zero-order chi connectivity index (χ0) is 12.3. The Kier molecular flexibility index (Phi) is 4.12. The van der Waals surface area contributed by atoms with Gasteiger partial charge in [0.25, 0.3) is 6.43 Å². The number of alkyl halides is 3. The number of aliphatic carboxylic acids is 1. The van der Waals surface area contributed by atoms with Crippen LogP contribution in [-0.2, 0) is 17.1 Å². The summed E-state index contributed by atoms with van der Waals surface area (Å²) in [6, 6.07) is 0.577. The van der Waals surface area contributed by atoms with E-state index in [1.807, 2.05) is 0 Å². The summed E-state index contributed by atoms with van der Waals surface area (Å²) in [7, 11) is 0. The van der Waals surface area contributed by atoms with E-state index in [1.165, 1.54) is 0 Å². The summed E-state index contributed by atoms with van der Waals surface area (Å²) in [5.41, 5.74) is -1.21. The number of aromatic nitrogens is 1. The highest BCUT2D eigenvalue weighted by atomic mass is 35.5. The molecule has 0 spiro atoms. The molecule has 0 fully saturated rings. The topological polar surface area (TPSA) is 50.2 Å². The Bertz CT molecular complexity index is 412. The minimum absolute atomic E-state index is 0.200. The normalized spacial score (nSPS) is 10.8. The lowest BCUT2D eigenvalue weighted by atomic mass is 10.1. The first-order valence-corrected chi connectivity index (χ1v) is 4.73. The third-order valence-corrected chi connectivity index (χ3v) is 2.09. The van der Waals surface area contributed by atoms with Gasteiger partial charge in [0.1, 0.15) is 5.82 Å². The molecule has 0 saturated heterocycles. The molecule has 0 radical (unpaired) electrons. The number of nitrogens with zero attached hydrogens (tertiary/aromatic N) is 1. The number of carboxylic acid groups (broad SMARTS) is 1. The molecule has 0 saturated carbocycles. The summed E-state index contributed by atoms with van der Waals surface area (Å²) in [5, 5.41) is 8.45. The second-order valence-corrected chi connectivity index (χ2v) is 3.22. The van der Waals surface area contributed by atoms with E-state index in [9.17, 15) is 18.0 Å². The fourth-order valence-corrected chi connectivity index (χ4v) is 1.36. The van der Waals surface area contributed by atoms with Crippen LogP contribution in [0.25, 0.3) is 0 Å². The Hall–Kier alpha value is -1.30. The van der Waals surface area contributed by atoms with Crippen molar-refractivity contribution < 1.29 is 23.1 Å². The molecule has 0 atom stereocenters. The largest absolute Gasteiger partial charge is 0.481 e. The van der Waals surface area contributed by atoms with Crippen LogP contribution in [0.4, 0.5) is 13.2 Å². The van der Waals surface area contributed by atoms with Gasteiger partial charge in [0.2, 0.25) is 0 Å². The summed E-state index contributed by atoms with van der Waals surface area (Å²) in [5.74, 6) is -2.68. The van der Waals surface area contributed by atoms with Gasteiger partial charge < -0.3 is 5.11 Å². The zero-order valence-electron chi connectivity index (χ0n) is 7.88. The van der Waals surface area contributed by atoms with E-state index in [0.717, 1.165) is 0 Å². The van der Waals surface area contributed by atoms with Crippen molar-refractivity contribution in [3.05, 3.63) is 28.8 Å². The van der Waals surface area contributed by atoms with Gasteiger partial charge in [-0.25, -0.2) is 13.2 Å². The molecule has 1 heterocycles. The number of rotatable bonds is 4. The molecule has 7 heteroatoms. The van der Waals surface area contributed by atoms with Crippen molar-refractivity contribution in [3.63, 3.8) is 0 Å². The van der Waals surface area contributed by atoms with E-state index in [0.29, 0.717) is 6.07 Å². The average molecular weight is 254 g/mol. The van der Waals surface area contributed by atoms with Crippen LogP contribution in [0.5, 0.6) is 0 Å². The molecule has 0 unspecified atom stereocenters. The molecule has 1 aromatic heterocycles. The molecule has 0 aliphatic heterocycles. The SMILES string of the molecule is O=C(O)Cc1nc(CCl)c(C(F)F)cc1F. The van der Waals surface area contributed by atoms with Crippen molar-refractivity contribution in [3.8, 4) is 0 Å². The lowest BCUT2D eigenvalue weighted by molar-refractivity contribution is -0.136. The molecule has 1 N–H and O–H groups in total. The Balaban J connectivity index is 3.20. The Morgan fingerprint density at radius 2 is 2.12 bits per heavy atom. The van der Waals surface area contributed by atoms with Crippen molar-refractivity contribution in [2.75, 3.05) is 0 Å². The summed E-state index contributed by atoms with van der Waals surface area (Å²) in [6.45, 7) is 0. The van der Waals surface area contributed by atoms with Gasteiger partial charge in [0.15, 0.2) is 0 Å². The molecule has 0 aliphatic rings. The third kappa shape index (κ3) is 2.85. The van der Waals surface area contributed by atoms with Crippen molar-refractivity contribution >= 4 is 17.6 Å². The van der Waals surface area contributed by atoms with Crippen LogP contribution in [0, 0.1) is 5.82 Å². The number of pyridine rings is 1. The number of carbonyl (C=O) groups is 1. The minimum Gasteiger partial charge on any atom is -0.481 e. The van der Waals surface area contributed by atoms with Crippen molar-refractivity contribution in [1.82, 2.24) is 4.98 Å². The van der Waals surface area contributed by atoms with Gasteiger partial charge in [-0.2, -0.15) is 0 Å². The van der Waals surface area contributed by atoms with Crippen LogP contribution in [0.1, 0.15) is 23.4 Å². The van der Waals surface area contributed by atoms with Crippen molar-refractivity contribution in [1.29, 1.82) is 0 Å². The second kappa shape index (κ2) is 5.16. The number of halogens is 4. The molecule has 0 bridgehead atoms. The lowest BCUT2D eigenvalue weighted by Gasteiger charge is -2.08. The van der Waals surface area contributed by atoms with Crippen molar-refractivity contribution in [2.24, 2.45) is 0 Å². The quantitative estimate of drug-likeness (QED) is 0.839. The fraction of sp³-hybridized carbons (Fsp3) is 0.333. The summed E-state index contributed by atoms with van der Waals surface area (Å²) in [4.78, 5) is 13.8. The molecule has 0 aliphatic carbocycles. The summed E-state index contributed by atoms with van der Waals surface area (Å²) < 4.78 is 38.0. The van der Waals surface area contributed by atoms with Gasteiger partial charge in [-0.05, 0) is 6.07 Å². The van der Waals surface area contributed by atoms with E-state index >= 15 is 0 Å². The number of carboxylic acids is 1. The highest BCUT2D eigenvalue weighted by Gasteiger charge is 2.19. The summed E-state index contributed by atoms with van der Waals surface area (Å²) in [6.07, 6.45) is -3.56. The van der Waals surface area contributed by atoms with E-state index in [1.54, 1.807) is 0 Å². The van der Waals surface area contributed by atoms with Crippen LogP contribution in [-0.4, -0.2) is 16.1 Å². The molecule has 0 aromatic carbocycles. The molecule has 3 nitrogen and oxygen atoms in total. The predicted octanol–water partition coefficient (Wildman–Crippen LogP) is 2.52. The van der Waals surface area contributed by atoms with E-state index in [4.69, 9.17) is 16.7 Å². The maximum absolute atomic E-state index is 13.2. The predicted molar refractivity (Wildman–Crippen MR) is 50.0 cm³/mol. The molecular weight excluding hydrogens is 247 g/mol. The first-order chi connectivity index (χ1) is 7.45. The number of hydrogen-bond donors (Lipinski definition) is 1. The van der Waals surface area contributed by atoms with Crippen LogP contribution in [0.15, 0.2) is 6.07 Å². The monoisotopic (exact) mass is 253 g/mol. The van der Waals surface area contributed by atoms with Gasteiger partial charge >= 0.3 is 5.97 Å². The van der Waals surface area contributed by atoms with Crippen LogP contribution in [0.2, 0.25) is 0 Å². The molecular formula is C9H7ClF3NO2. The molecule has 88 valence electrons. The maximum atomic E-state index is 13.2. The van der Waals surface area contributed by atoms with Crippen LogP contribution >= 0.6 is 11.6 Å². The molecule has 1 aromatic rings. The highest BCUT2D eigenvalue weighted by Crippen LogP contribution is 2.25. The molecule has 1 rings (SSSR count). The Morgan fingerprint density at radius 3 is 2.56 bits per heavy atom. The zero-order valence-corrected chi connectivity index (χ0v) is 8.64. The molecule has 16 heavy (non-hydrogen) atoms. The third-order valence-electron chi connectivity index (χ3n) is 1.84. The Labute approximate surface area is 93.9 Å². The minimum atomic E-state index is -2.89. The van der Waals surface area contributed by atoms with Crippen LogP contribution in [0.3, 0.4) is 0 Å². The van der Waals surface area contributed by atoms with E-state index < -0.39 is 35.9 Å². The van der Waals surface area contributed by atoms with Gasteiger partial charge in [0.05, 0.1) is 23.7 Å². The van der Waals surface area contributed by atoms with Gasteiger partial charge in [-0.1, -0.05) is 0 Å². The first kappa shape index (κ1) is 12.8. The lowest BCUT2D eigenvalue weighted by Crippen LogP contribution is -2.09. The van der Waals surface area contributed by atoms with Gasteiger partial charge in [-0.3, -0.25) is 9.78 Å².